The Labute approximate surface area is 214 Å². The molecule has 0 spiro atoms. The van der Waals surface area contributed by atoms with E-state index in [4.69, 9.17) is 9.73 Å². The number of guanidine groups is 1. The number of hydrogen-bond donors (Lipinski definition) is 1. The van der Waals surface area contributed by atoms with Crippen molar-refractivity contribution in [2.24, 2.45) is 4.99 Å². The van der Waals surface area contributed by atoms with Gasteiger partial charge in [0.1, 0.15) is 24.2 Å². The highest BCUT2D eigenvalue weighted by Crippen LogP contribution is 2.19. The van der Waals surface area contributed by atoms with E-state index in [9.17, 15) is 0 Å². The summed E-state index contributed by atoms with van der Waals surface area (Å²) in [5.41, 5.74) is 1.34. The third-order valence-corrected chi connectivity index (χ3v) is 5.78. The second kappa shape index (κ2) is 13.2. The van der Waals surface area contributed by atoms with Gasteiger partial charge in [-0.1, -0.05) is 48.5 Å². The van der Waals surface area contributed by atoms with Gasteiger partial charge in [-0.3, -0.25) is 0 Å². The number of ether oxygens (including phenoxy) is 1. The third kappa shape index (κ3) is 7.48. The molecule has 33 heavy (non-hydrogen) atoms. The summed E-state index contributed by atoms with van der Waals surface area (Å²) in [5.74, 6) is 2.91. The molecule has 1 saturated heterocycles. The number of likely N-dealkylation sites (tertiary alicyclic amines) is 1. The number of aliphatic imine (C=N–C) groups is 1. The Balaban J connectivity index is 0.00000306. The standard InChI is InChI=1S/C26H33N5O.HI/c1-2-27-26(31-18-14-24(15-19-31)32-23-11-7-4-8-12-23)29-21-25-28-16-20-30(25)17-13-22-9-5-3-6-10-22;/h3-12,16,20,24H,2,13-15,17-19,21H2,1H3,(H,27,29);1H. The lowest BCUT2D eigenvalue weighted by Crippen LogP contribution is -2.47. The van der Waals surface area contributed by atoms with Gasteiger partial charge in [0, 0.05) is 51.4 Å². The summed E-state index contributed by atoms with van der Waals surface area (Å²) in [7, 11) is 0. The summed E-state index contributed by atoms with van der Waals surface area (Å²) in [6.07, 6.45) is 7.15. The van der Waals surface area contributed by atoms with Crippen molar-refractivity contribution in [2.75, 3.05) is 19.6 Å². The van der Waals surface area contributed by atoms with Crippen LogP contribution in [0.15, 0.2) is 78.0 Å². The minimum atomic E-state index is 0. The van der Waals surface area contributed by atoms with Gasteiger partial charge in [0.15, 0.2) is 5.96 Å². The van der Waals surface area contributed by atoms with Gasteiger partial charge in [0.25, 0.3) is 0 Å². The van der Waals surface area contributed by atoms with Crippen molar-refractivity contribution < 1.29 is 4.74 Å². The van der Waals surface area contributed by atoms with Crippen molar-refractivity contribution in [3.05, 3.63) is 84.4 Å². The van der Waals surface area contributed by atoms with Gasteiger partial charge in [0.05, 0.1) is 0 Å². The van der Waals surface area contributed by atoms with Gasteiger partial charge in [-0.05, 0) is 31.0 Å². The summed E-state index contributed by atoms with van der Waals surface area (Å²) in [6, 6.07) is 20.7. The zero-order valence-corrected chi connectivity index (χ0v) is 21.6. The Hall–Kier alpha value is -2.55. The number of nitrogens with one attached hydrogen (secondary N) is 1. The minimum Gasteiger partial charge on any atom is -0.490 e. The molecule has 1 N–H and O–H groups in total. The maximum atomic E-state index is 6.14. The molecule has 7 heteroatoms. The van der Waals surface area contributed by atoms with E-state index in [0.717, 1.165) is 63.0 Å². The molecule has 1 aliphatic rings. The first-order chi connectivity index (χ1) is 15.8. The smallest absolute Gasteiger partial charge is 0.194 e. The van der Waals surface area contributed by atoms with E-state index in [2.05, 4.69) is 57.0 Å². The fraction of sp³-hybridized carbons (Fsp3) is 0.385. The number of benzene rings is 2. The molecule has 176 valence electrons. The van der Waals surface area contributed by atoms with Crippen molar-refractivity contribution in [3.8, 4) is 5.75 Å². The zero-order chi connectivity index (χ0) is 22.0. The van der Waals surface area contributed by atoms with Crippen LogP contribution in [0.25, 0.3) is 0 Å². The molecular weight excluding hydrogens is 525 g/mol. The highest BCUT2D eigenvalue weighted by molar-refractivity contribution is 14.0. The molecule has 0 amide bonds. The van der Waals surface area contributed by atoms with Gasteiger partial charge < -0.3 is 19.5 Å². The molecule has 6 nitrogen and oxygen atoms in total. The SMILES string of the molecule is CCNC(=NCc1nccn1CCc1ccccc1)N1CCC(Oc2ccccc2)CC1.I. The second-order valence-electron chi connectivity index (χ2n) is 8.06. The van der Waals surface area contributed by atoms with Crippen LogP contribution in [0.1, 0.15) is 31.2 Å². The highest BCUT2D eigenvalue weighted by atomic mass is 127. The van der Waals surface area contributed by atoms with E-state index >= 15 is 0 Å². The summed E-state index contributed by atoms with van der Waals surface area (Å²) in [5, 5.41) is 3.45. The lowest BCUT2D eigenvalue weighted by Gasteiger charge is -2.34. The van der Waals surface area contributed by atoms with E-state index < -0.39 is 0 Å². The Bertz CT molecular complexity index is 969. The molecule has 0 bridgehead atoms. The molecule has 1 aromatic heterocycles. The fourth-order valence-corrected chi connectivity index (χ4v) is 4.04. The van der Waals surface area contributed by atoms with Crippen LogP contribution in [-0.2, 0) is 19.5 Å². The molecule has 2 aromatic carbocycles. The normalized spacial score (nSPS) is 14.6. The average molecular weight is 559 g/mol. The first-order valence-corrected chi connectivity index (χ1v) is 11.6. The second-order valence-corrected chi connectivity index (χ2v) is 8.06. The summed E-state index contributed by atoms with van der Waals surface area (Å²) >= 11 is 0. The first-order valence-electron chi connectivity index (χ1n) is 11.6. The van der Waals surface area contributed by atoms with Crippen LogP contribution >= 0.6 is 24.0 Å². The van der Waals surface area contributed by atoms with Gasteiger partial charge in [-0.2, -0.15) is 0 Å². The van der Waals surface area contributed by atoms with Gasteiger partial charge >= 0.3 is 0 Å². The lowest BCUT2D eigenvalue weighted by atomic mass is 10.1. The number of aryl methyl sites for hydroxylation is 2. The van der Waals surface area contributed by atoms with Crippen LogP contribution in [-0.4, -0.2) is 46.1 Å². The Kier molecular flexibility index (Phi) is 10.1. The summed E-state index contributed by atoms with van der Waals surface area (Å²) < 4.78 is 8.35. The van der Waals surface area contributed by atoms with Gasteiger partial charge in [-0.25, -0.2) is 9.98 Å². The largest absolute Gasteiger partial charge is 0.490 e. The zero-order valence-electron chi connectivity index (χ0n) is 19.3. The maximum Gasteiger partial charge on any atom is 0.194 e. The quantitative estimate of drug-likeness (QED) is 0.246. The number of imidazole rings is 1. The molecule has 0 aliphatic carbocycles. The molecule has 1 fully saturated rings. The molecule has 0 unspecified atom stereocenters. The molecule has 4 rings (SSSR count). The monoisotopic (exact) mass is 559 g/mol. The van der Waals surface area contributed by atoms with Crippen molar-refractivity contribution in [2.45, 2.75) is 45.4 Å². The van der Waals surface area contributed by atoms with Gasteiger partial charge in [-0.15, -0.1) is 24.0 Å². The number of nitrogens with zero attached hydrogens (tertiary/aromatic N) is 4. The molecule has 0 radical (unpaired) electrons. The van der Waals surface area contributed by atoms with Crippen molar-refractivity contribution in [3.63, 3.8) is 0 Å². The van der Waals surface area contributed by atoms with E-state index in [1.807, 2.05) is 42.7 Å². The van der Waals surface area contributed by atoms with E-state index in [0.29, 0.717) is 6.54 Å². The predicted molar refractivity (Wildman–Crippen MR) is 144 cm³/mol. The molecule has 2 heterocycles. The van der Waals surface area contributed by atoms with Gasteiger partial charge in [0.2, 0.25) is 0 Å². The number of piperidine rings is 1. The van der Waals surface area contributed by atoms with Crippen LogP contribution in [0, 0.1) is 0 Å². The van der Waals surface area contributed by atoms with Crippen LogP contribution in [0.3, 0.4) is 0 Å². The highest BCUT2D eigenvalue weighted by Gasteiger charge is 2.22. The van der Waals surface area contributed by atoms with Crippen LogP contribution < -0.4 is 10.1 Å². The number of rotatable bonds is 8. The Morgan fingerprint density at radius 3 is 2.45 bits per heavy atom. The Morgan fingerprint density at radius 2 is 1.76 bits per heavy atom. The summed E-state index contributed by atoms with van der Waals surface area (Å²) in [6.45, 7) is 6.32. The molecule has 3 aromatic rings. The van der Waals surface area contributed by atoms with Crippen molar-refractivity contribution in [1.82, 2.24) is 19.8 Å². The first kappa shape index (κ1) is 25.1. The molecule has 1 aliphatic heterocycles. The van der Waals surface area contributed by atoms with Crippen LogP contribution in [0.2, 0.25) is 0 Å². The van der Waals surface area contributed by atoms with Crippen LogP contribution in [0.5, 0.6) is 5.75 Å². The number of hydrogen-bond acceptors (Lipinski definition) is 3. The lowest BCUT2D eigenvalue weighted by molar-refractivity contribution is 0.129. The number of halogens is 1. The average Bonchev–Trinajstić information content (AvgIpc) is 3.30. The number of aromatic nitrogens is 2. The molecule has 0 saturated carbocycles. The Morgan fingerprint density at radius 1 is 1.06 bits per heavy atom. The maximum absolute atomic E-state index is 6.14. The van der Waals surface area contributed by atoms with Crippen LogP contribution in [0.4, 0.5) is 0 Å². The predicted octanol–water partition coefficient (Wildman–Crippen LogP) is 4.75. The van der Waals surface area contributed by atoms with Crippen molar-refractivity contribution in [1.29, 1.82) is 0 Å². The third-order valence-electron chi connectivity index (χ3n) is 5.78. The van der Waals surface area contributed by atoms with E-state index in [1.165, 1.54) is 5.56 Å². The summed E-state index contributed by atoms with van der Waals surface area (Å²) in [4.78, 5) is 11.8. The fourth-order valence-electron chi connectivity index (χ4n) is 4.04. The topological polar surface area (TPSA) is 54.7 Å². The van der Waals surface area contributed by atoms with E-state index in [1.54, 1.807) is 0 Å². The molecule has 0 atom stereocenters. The van der Waals surface area contributed by atoms with E-state index in [-0.39, 0.29) is 30.1 Å². The molecular formula is C26H34IN5O. The van der Waals surface area contributed by atoms with Crippen molar-refractivity contribution >= 4 is 29.9 Å². The number of para-hydroxylation sites is 1. The minimum absolute atomic E-state index is 0.